The van der Waals surface area contributed by atoms with E-state index in [9.17, 15) is 9.36 Å². The topological polar surface area (TPSA) is 78.6 Å². The Morgan fingerprint density at radius 1 is 0.774 bits per heavy atom. The van der Waals surface area contributed by atoms with Crippen LogP contribution in [0.4, 0.5) is 0 Å². The Morgan fingerprint density at radius 3 is 1.39 bits per heavy atom. The van der Waals surface area contributed by atoms with E-state index in [0.29, 0.717) is 23.3 Å². The number of carbonyl (C=O) groups is 1. The third kappa shape index (κ3) is 6.44. The van der Waals surface area contributed by atoms with Gasteiger partial charge in [0.2, 0.25) is 0 Å². The lowest BCUT2D eigenvalue weighted by atomic mass is 10.00. The smallest absolute Gasteiger partial charge is 0.416 e. The van der Waals surface area contributed by atoms with E-state index in [1.165, 1.54) is 6.92 Å². The first kappa shape index (κ1) is 25.2. The van der Waals surface area contributed by atoms with Gasteiger partial charge in [0.25, 0.3) is 0 Å². The molecule has 2 aromatic rings. The summed E-state index contributed by atoms with van der Waals surface area (Å²) >= 11 is 0. The molecule has 6 heteroatoms. The van der Waals surface area contributed by atoms with Gasteiger partial charge >= 0.3 is 7.60 Å². The molecule has 0 fully saturated rings. The molecule has 170 valence electrons. The molecule has 0 heterocycles. The quantitative estimate of drug-likeness (QED) is 0.421. The van der Waals surface area contributed by atoms with Gasteiger partial charge in [-0.2, -0.15) is 0 Å². The Morgan fingerprint density at radius 2 is 1.13 bits per heavy atom. The highest BCUT2D eigenvalue weighted by molar-refractivity contribution is 7.56. The Kier molecular flexibility index (Phi) is 8.50. The number of nitrogens with two attached hydrogens (primary N) is 1. The van der Waals surface area contributed by atoms with E-state index < -0.39 is 19.3 Å². The molecule has 0 spiro atoms. The molecular weight excluding hydrogens is 409 g/mol. The van der Waals surface area contributed by atoms with Gasteiger partial charge in [0.15, 0.2) is 5.66 Å². The van der Waals surface area contributed by atoms with Gasteiger partial charge in [-0.05, 0) is 60.1 Å². The monoisotopic (exact) mass is 445 g/mol. The van der Waals surface area contributed by atoms with Crippen molar-refractivity contribution >= 4 is 13.4 Å². The molecule has 0 radical (unpaired) electrons. The van der Waals surface area contributed by atoms with Gasteiger partial charge in [0, 0.05) is 6.04 Å². The summed E-state index contributed by atoms with van der Waals surface area (Å²) in [4.78, 5) is 12.6. The number of rotatable bonds is 10. The van der Waals surface area contributed by atoms with E-state index in [2.05, 4.69) is 27.7 Å². The summed E-state index contributed by atoms with van der Waals surface area (Å²) in [6, 6.07) is 14.0. The highest BCUT2D eigenvalue weighted by Gasteiger charge is 2.47. The Bertz CT molecular complexity index is 847. The van der Waals surface area contributed by atoms with Crippen LogP contribution in [0, 0.1) is 5.92 Å². The predicted molar refractivity (Wildman–Crippen MR) is 127 cm³/mol. The normalized spacial score (nSPS) is 14.0. The van der Waals surface area contributed by atoms with Gasteiger partial charge in [-0.3, -0.25) is 4.79 Å². The number of carbonyl (C=O) groups excluding carboxylic acids is 1. The fourth-order valence-corrected chi connectivity index (χ4v) is 5.63. The molecule has 0 saturated carbocycles. The number of ketones is 1. The molecule has 2 unspecified atom stereocenters. The zero-order valence-electron chi connectivity index (χ0n) is 19.7. The van der Waals surface area contributed by atoms with Crippen LogP contribution >= 0.6 is 7.60 Å². The molecule has 0 aliphatic carbocycles. The average molecular weight is 446 g/mol. The zero-order valence-corrected chi connectivity index (χ0v) is 20.6. The Balaban J connectivity index is 2.46. The SMILES string of the molecule is CC(=O)C(C(N)C(C)C)P(=O)(Oc1ccc(C(C)C)cc1)Oc1ccc(C(C)C)cc1. The number of hydrogen-bond donors (Lipinski definition) is 1. The molecule has 0 saturated heterocycles. The van der Waals surface area contributed by atoms with Crippen molar-refractivity contribution in [1.82, 2.24) is 0 Å². The minimum Gasteiger partial charge on any atom is -0.416 e. The van der Waals surface area contributed by atoms with Crippen LogP contribution in [-0.4, -0.2) is 17.5 Å². The number of hydrogen-bond acceptors (Lipinski definition) is 5. The maximum absolute atomic E-state index is 14.1. The summed E-state index contributed by atoms with van der Waals surface area (Å²) in [5.74, 6) is 1.08. The van der Waals surface area contributed by atoms with Crippen molar-refractivity contribution in [1.29, 1.82) is 0 Å². The first-order valence-electron chi connectivity index (χ1n) is 10.9. The third-order valence-electron chi connectivity index (χ3n) is 5.45. The van der Waals surface area contributed by atoms with Crippen LogP contribution in [0.1, 0.15) is 71.4 Å². The zero-order chi connectivity index (χ0) is 23.3. The molecular formula is C25H36NO4P. The van der Waals surface area contributed by atoms with E-state index in [1.807, 2.05) is 38.1 Å². The molecule has 2 atom stereocenters. The second kappa shape index (κ2) is 10.5. The first-order valence-corrected chi connectivity index (χ1v) is 12.5. The Labute approximate surface area is 186 Å². The van der Waals surface area contributed by atoms with Crippen LogP contribution in [0.25, 0.3) is 0 Å². The van der Waals surface area contributed by atoms with Crippen LogP contribution in [-0.2, 0) is 9.36 Å². The molecule has 2 rings (SSSR count). The summed E-state index contributed by atoms with van der Waals surface area (Å²) in [6.45, 7) is 13.5. The van der Waals surface area contributed by atoms with Gasteiger partial charge in [-0.1, -0.05) is 65.8 Å². The fourth-order valence-electron chi connectivity index (χ4n) is 3.32. The van der Waals surface area contributed by atoms with Crippen molar-refractivity contribution in [2.24, 2.45) is 11.7 Å². The lowest BCUT2D eigenvalue weighted by Gasteiger charge is -2.31. The van der Waals surface area contributed by atoms with Crippen molar-refractivity contribution in [2.45, 2.75) is 72.0 Å². The molecule has 31 heavy (non-hydrogen) atoms. The minimum atomic E-state index is -3.99. The molecule has 2 N–H and O–H groups in total. The summed E-state index contributed by atoms with van der Waals surface area (Å²) in [5, 5.41) is 0. The van der Waals surface area contributed by atoms with Crippen LogP contribution in [0.15, 0.2) is 48.5 Å². The first-order chi connectivity index (χ1) is 14.4. The molecule has 0 aliphatic heterocycles. The molecule has 5 nitrogen and oxygen atoms in total. The summed E-state index contributed by atoms with van der Waals surface area (Å²) < 4.78 is 26.0. The van der Waals surface area contributed by atoms with Crippen LogP contribution < -0.4 is 14.8 Å². The van der Waals surface area contributed by atoms with E-state index in [1.54, 1.807) is 24.3 Å². The van der Waals surface area contributed by atoms with Gasteiger partial charge in [-0.15, -0.1) is 0 Å². The predicted octanol–water partition coefficient (Wildman–Crippen LogP) is 6.53. The lowest BCUT2D eigenvalue weighted by molar-refractivity contribution is -0.117. The molecule has 2 aromatic carbocycles. The largest absolute Gasteiger partial charge is 0.442 e. The van der Waals surface area contributed by atoms with Crippen LogP contribution in [0.5, 0.6) is 11.5 Å². The average Bonchev–Trinajstić information content (AvgIpc) is 2.68. The van der Waals surface area contributed by atoms with Gasteiger partial charge in [0.1, 0.15) is 17.3 Å². The molecule has 0 bridgehead atoms. The highest BCUT2D eigenvalue weighted by atomic mass is 31.2. The van der Waals surface area contributed by atoms with E-state index in [0.717, 1.165) is 11.1 Å². The van der Waals surface area contributed by atoms with Gasteiger partial charge < -0.3 is 14.8 Å². The third-order valence-corrected chi connectivity index (χ3v) is 7.77. The van der Waals surface area contributed by atoms with E-state index in [4.69, 9.17) is 14.8 Å². The van der Waals surface area contributed by atoms with Crippen molar-refractivity contribution in [3.63, 3.8) is 0 Å². The van der Waals surface area contributed by atoms with Crippen molar-refractivity contribution in [3.05, 3.63) is 59.7 Å². The van der Waals surface area contributed by atoms with Crippen molar-refractivity contribution < 1.29 is 18.4 Å². The molecule has 0 amide bonds. The minimum absolute atomic E-state index is 0.0824. The fraction of sp³-hybridized carbons (Fsp3) is 0.480. The van der Waals surface area contributed by atoms with Crippen LogP contribution in [0.2, 0.25) is 0 Å². The molecule has 0 aliphatic rings. The van der Waals surface area contributed by atoms with E-state index >= 15 is 0 Å². The second-order valence-corrected chi connectivity index (χ2v) is 11.0. The Hall–Kier alpha value is -2.10. The second-order valence-electron chi connectivity index (χ2n) is 9.05. The van der Waals surface area contributed by atoms with Crippen molar-refractivity contribution in [2.75, 3.05) is 0 Å². The van der Waals surface area contributed by atoms with E-state index in [-0.39, 0.29) is 11.7 Å². The summed E-state index contributed by atoms with van der Waals surface area (Å²) in [6.07, 6.45) is 0. The summed E-state index contributed by atoms with van der Waals surface area (Å²) in [5.41, 5.74) is 7.52. The van der Waals surface area contributed by atoms with Crippen LogP contribution in [0.3, 0.4) is 0 Å². The summed E-state index contributed by atoms with van der Waals surface area (Å²) in [7, 11) is -3.99. The maximum Gasteiger partial charge on any atom is 0.442 e. The maximum atomic E-state index is 14.1. The highest BCUT2D eigenvalue weighted by Crippen LogP contribution is 2.54. The lowest BCUT2D eigenvalue weighted by Crippen LogP contribution is -2.44. The van der Waals surface area contributed by atoms with Gasteiger partial charge in [-0.25, -0.2) is 4.57 Å². The number of Topliss-reactive ketones (excluding diaryl/α,β-unsaturated/α-hetero) is 1. The van der Waals surface area contributed by atoms with Gasteiger partial charge in [0.05, 0.1) is 0 Å². The number of benzene rings is 2. The standard InChI is InChI=1S/C25H36NO4P/c1-16(2)20-8-12-22(13-9-20)29-31(28,25(19(7)27)24(26)18(5)6)30-23-14-10-21(11-15-23)17(3)4/h8-18,24-25H,26H2,1-7H3. The molecule has 0 aromatic heterocycles. The van der Waals surface area contributed by atoms with Crippen molar-refractivity contribution in [3.8, 4) is 11.5 Å².